The number of nitrogens with zero attached hydrogens (tertiary/aromatic N) is 1. The summed E-state index contributed by atoms with van der Waals surface area (Å²) in [6.45, 7) is 8.77. The summed E-state index contributed by atoms with van der Waals surface area (Å²) in [7, 11) is 0. The van der Waals surface area contributed by atoms with Gasteiger partial charge in [0, 0.05) is 19.0 Å². The highest BCUT2D eigenvalue weighted by Crippen LogP contribution is 2.23. The Morgan fingerprint density at radius 1 is 1.41 bits per heavy atom. The molecule has 1 N–H and O–H groups in total. The molecule has 0 saturated carbocycles. The smallest absolute Gasteiger partial charge is 0.410 e. The van der Waals surface area contributed by atoms with Gasteiger partial charge < -0.3 is 14.7 Å². The molecule has 122 valence electrons. The quantitative estimate of drug-likeness (QED) is 0.913. The number of aryl methyl sites for hydroxylation is 1. The van der Waals surface area contributed by atoms with E-state index < -0.39 is 5.60 Å². The van der Waals surface area contributed by atoms with Crippen molar-refractivity contribution in [2.75, 3.05) is 13.1 Å². The molecule has 1 fully saturated rings. The predicted molar refractivity (Wildman–Crippen MR) is 86.8 cm³/mol. The number of aliphatic hydroxyl groups excluding tert-OH is 1. The summed E-state index contributed by atoms with van der Waals surface area (Å²) in [6.07, 6.45) is 0.741. The molecular weight excluding hydrogens is 278 g/mol. The molecule has 1 aliphatic heterocycles. The van der Waals surface area contributed by atoms with Crippen molar-refractivity contribution in [2.45, 2.75) is 52.2 Å². The van der Waals surface area contributed by atoms with Crippen molar-refractivity contribution in [2.24, 2.45) is 5.92 Å². The maximum Gasteiger partial charge on any atom is 0.410 e. The Morgan fingerprint density at radius 2 is 2.14 bits per heavy atom. The van der Waals surface area contributed by atoms with E-state index in [0.29, 0.717) is 19.5 Å². The van der Waals surface area contributed by atoms with Gasteiger partial charge in [-0.3, -0.25) is 0 Å². The van der Waals surface area contributed by atoms with Gasteiger partial charge in [0.05, 0.1) is 6.10 Å². The zero-order valence-corrected chi connectivity index (χ0v) is 14.0. The molecule has 4 heteroatoms. The first-order chi connectivity index (χ1) is 10.2. The highest BCUT2D eigenvalue weighted by molar-refractivity contribution is 5.68. The van der Waals surface area contributed by atoms with Crippen LogP contribution in [0.1, 0.15) is 38.3 Å². The molecule has 0 aromatic heterocycles. The van der Waals surface area contributed by atoms with Crippen LogP contribution >= 0.6 is 0 Å². The lowest BCUT2D eigenvalue weighted by Gasteiger charge is -2.37. The molecular formula is C18H27NO3. The molecule has 22 heavy (non-hydrogen) atoms. The molecule has 2 rings (SSSR count). The van der Waals surface area contributed by atoms with Crippen LogP contribution in [-0.2, 0) is 11.2 Å². The van der Waals surface area contributed by atoms with Crippen molar-refractivity contribution in [3.8, 4) is 0 Å². The van der Waals surface area contributed by atoms with Crippen molar-refractivity contribution in [1.82, 2.24) is 4.90 Å². The van der Waals surface area contributed by atoms with Crippen LogP contribution in [0.4, 0.5) is 4.79 Å². The topological polar surface area (TPSA) is 49.8 Å². The SMILES string of the molecule is Cc1cccc(C[C@@H]2CN(C(=O)OC(C)(C)C)CC[C@H]2O)c1. The Kier molecular flexibility index (Phi) is 5.12. The number of rotatable bonds is 2. The number of carbonyl (C=O) groups is 1. The number of hydrogen-bond acceptors (Lipinski definition) is 3. The zero-order valence-electron chi connectivity index (χ0n) is 14.0. The first kappa shape index (κ1) is 16.8. The second-order valence-corrected chi connectivity index (χ2v) is 7.24. The number of benzene rings is 1. The lowest BCUT2D eigenvalue weighted by Crippen LogP contribution is -2.48. The highest BCUT2D eigenvalue weighted by Gasteiger charge is 2.32. The summed E-state index contributed by atoms with van der Waals surface area (Å²) in [5, 5.41) is 10.3. The normalized spacial score (nSPS) is 22.5. The monoisotopic (exact) mass is 305 g/mol. The van der Waals surface area contributed by atoms with E-state index in [9.17, 15) is 9.90 Å². The van der Waals surface area contributed by atoms with Crippen LogP contribution in [0.5, 0.6) is 0 Å². The van der Waals surface area contributed by atoms with E-state index in [-0.39, 0.29) is 18.1 Å². The number of ether oxygens (including phenoxy) is 1. The summed E-state index contributed by atoms with van der Waals surface area (Å²) >= 11 is 0. The van der Waals surface area contributed by atoms with Crippen molar-refractivity contribution >= 4 is 6.09 Å². The zero-order chi connectivity index (χ0) is 16.3. The molecule has 0 unspecified atom stereocenters. The van der Waals surface area contributed by atoms with Crippen LogP contribution in [0.3, 0.4) is 0 Å². The minimum absolute atomic E-state index is 0.0584. The van der Waals surface area contributed by atoms with Crippen LogP contribution in [0, 0.1) is 12.8 Å². The van der Waals surface area contributed by atoms with Crippen LogP contribution in [-0.4, -0.2) is 40.9 Å². The third kappa shape index (κ3) is 4.73. The third-order valence-electron chi connectivity index (χ3n) is 3.93. The molecule has 0 aliphatic carbocycles. The number of likely N-dealkylation sites (tertiary alicyclic amines) is 1. The third-order valence-corrected chi connectivity index (χ3v) is 3.93. The Bertz CT molecular complexity index is 521. The van der Waals surface area contributed by atoms with Gasteiger partial charge >= 0.3 is 6.09 Å². The average molecular weight is 305 g/mol. The van der Waals surface area contributed by atoms with E-state index >= 15 is 0 Å². The summed E-state index contributed by atoms with van der Waals surface area (Å²) < 4.78 is 5.44. The molecule has 1 amide bonds. The van der Waals surface area contributed by atoms with Crippen molar-refractivity contribution < 1.29 is 14.6 Å². The Labute approximate surface area is 133 Å². The summed E-state index contributed by atoms with van der Waals surface area (Å²) in [5.41, 5.74) is 1.93. The number of hydrogen-bond donors (Lipinski definition) is 1. The van der Waals surface area contributed by atoms with Gasteiger partial charge in [-0.25, -0.2) is 4.79 Å². The molecule has 0 radical (unpaired) electrons. The number of carbonyl (C=O) groups excluding carboxylic acids is 1. The predicted octanol–water partition coefficient (Wildman–Crippen LogP) is 3.16. The fraction of sp³-hybridized carbons (Fsp3) is 0.611. The van der Waals surface area contributed by atoms with E-state index in [1.165, 1.54) is 11.1 Å². The molecule has 0 spiro atoms. The van der Waals surface area contributed by atoms with Gasteiger partial charge in [0.1, 0.15) is 5.60 Å². The van der Waals surface area contributed by atoms with Gasteiger partial charge in [-0.1, -0.05) is 29.8 Å². The van der Waals surface area contributed by atoms with Gasteiger partial charge in [0.2, 0.25) is 0 Å². The molecule has 1 aromatic carbocycles. The first-order valence-electron chi connectivity index (χ1n) is 7.96. The fourth-order valence-corrected chi connectivity index (χ4v) is 2.85. The Balaban J connectivity index is 2.00. The van der Waals surface area contributed by atoms with Gasteiger partial charge in [0.25, 0.3) is 0 Å². The second kappa shape index (κ2) is 6.69. The van der Waals surface area contributed by atoms with Gasteiger partial charge in [-0.05, 0) is 46.1 Å². The van der Waals surface area contributed by atoms with Crippen LogP contribution in [0.15, 0.2) is 24.3 Å². The lowest BCUT2D eigenvalue weighted by atomic mass is 9.88. The molecule has 1 aliphatic rings. The van der Waals surface area contributed by atoms with Crippen LogP contribution in [0.2, 0.25) is 0 Å². The summed E-state index contributed by atoms with van der Waals surface area (Å²) in [6, 6.07) is 8.31. The van der Waals surface area contributed by atoms with E-state index in [1.807, 2.05) is 26.8 Å². The van der Waals surface area contributed by atoms with Crippen molar-refractivity contribution in [3.05, 3.63) is 35.4 Å². The maximum atomic E-state index is 12.2. The molecule has 1 aromatic rings. The van der Waals surface area contributed by atoms with Gasteiger partial charge in [-0.15, -0.1) is 0 Å². The highest BCUT2D eigenvalue weighted by atomic mass is 16.6. The number of aliphatic hydroxyl groups is 1. The Hall–Kier alpha value is -1.55. The average Bonchev–Trinajstić information content (AvgIpc) is 2.39. The standard InChI is InChI=1S/C18H27NO3/c1-13-6-5-7-14(10-13)11-15-12-19(9-8-16(15)20)17(21)22-18(2,3)4/h5-7,10,15-16,20H,8-9,11-12H2,1-4H3/t15-,16-/m1/s1. The number of piperidine rings is 1. The van der Waals surface area contributed by atoms with Crippen LogP contribution < -0.4 is 0 Å². The summed E-state index contributed by atoms with van der Waals surface area (Å²) in [5.74, 6) is 0.0584. The molecule has 1 heterocycles. The molecule has 2 atom stereocenters. The maximum absolute atomic E-state index is 12.2. The van der Waals surface area contributed by atoms with E-state index in [2.05, 4.69) is 25.1 Å². The fourth-order valence-electron chi connectivity index (χ4n) is 2.85. The lowest BCUT2D eigenvalue weighted by molar-refractivity contribution is -0.00824. The molecule has 0 bridgehead atoms. The molecule has 4 nitrogen and oxygen atoms in total. The minimum Gasteiger partial charge on any atom is -0.444 e. The van der Waals surface area contributed by atoms with Gasteiger partial charge in [-0.2, -0.15) is 0 Å². The Morgan fingerprint density at radius 3 is 2.77 bits per heavy atom. The summed E-state index contributed by atoms with van der Waals surface area (Å²) in [4.78, 5) is 13.9. The largest absolute Gasteiger partial charge is 0.444 e. The minimum atomic E-state index is -0.487. The van der Waals surface area contributed by atoms with Crippen LogP contribution in [0.25, 0.3) is 0 Å². The van der Waals surface area contributed by atoms with E-state index in [0.717, 1.165) is 6.42 Å². The first-order valence-corrected chi connectivity index (χ1v) is 7.96. The van der Waals surface area contributed by atoms with E-state index in [4.69, 9.17) is 4.74 Å². The van der Waals surface area contributed by atoms with Crippen molar-refractivity contribution in [1.29, 1.82) is 0 Å². The number of amides is 1. The van der Waals surface area contributed by atoms with Gasteiger partial charge in [0.15, 0.2) is 0 Å². The van der Waals surface area contributed by atoms with Crippen molar-refractivity contribution in [3.63, 3.8) is 0 Å². The van der Waals surface area contributed by atoms with E-state index in [1.54, 1.807) is 4.90 Å². The molecule has 1 saturated heterocycles. The second-order valence-electron chi connectivity index (χ2n) is 7.24.